The second-order valence-electron chi connectivity index (χ2n) is 3.97. The van der Waals surface area contributed by atoms with Crippen molar-refractivity contribution in [3.63, 3.8) is 0 Å². The molecule has 82 valence electrons. The van der Waals surface area contributed by atoms with Gasteiger partial charge in [-0.15, -0.1) is 0 Å². The van der Waals surface area contributed by atoms with Crippen LogP contribution in [0.3, 0.4) is 0 Å². The van der Waals surface area contributed by atoms with Crippen molar-refractivity contribution in [2.45, 2.75) is 18.6 Å². The summed E-state index contributed by atoms with van der Waals surface area (Å²) in [6.07, 6.45) is 3.00. The maximum absolute atomic E-state index is 10.1. The maximum atomic E-state index is 10.1. The highest BCUT2D eigenvalue weighted by Crippen LogP contribution is 2.33. The Kier molecular flexibility index (Phi) is 2.18. The number of fused-ring (bicyclic) bond motifs is 1. The third kappa shape index (κ3) is 1.49. The van der Waals surface area contributed by atoms with E-state index in [0.717, 1.165) is 23.3 Å². The number of hydrogen-bond donors (Lipinski definition) is 1. The minimum Gasteiger partial charge on any atom is -0.487 e. The zero-order chi connectivity index (χ0) is 11.0. The van der Waals surface area contributed by atoms with Crippen LogP contribution in [0, 0.1) is 0 Å². The van der Waals surface area contributed by atoms with Crippen LogP contribution in [0.5, 0.6) is 5.75 Å². The molecule has 1 aromatic heterocycles. The number of aliphatic hydroxyl groups is 1. The van der Waals surface area contributed by atoms with E-state index in [4.69, 9.17) is 9.15 Å². The van der Waals surface area contributed by atoms with E-state index in [0.29, 0.717) is 0 Å². The zero-order valence-corrected chi connectivity index (χ0v) is 8.67. The van der Waals surface area contributed by atoms with Gasteiger partial charge in [-0.3, -0.25) is 0 Å². The Morgan fingerprint density at radius 1 is 1.25 bits per heavy atom. The molecule has 1 N–H and O–H groups in total. The van der Waals surface area contributed by atoms with Crippen LogP contribution in [0.1, 0.15) is 17.2 Å². The number of rotatable bonds is 2. The van der Waals surface area contributed by atoms with Gasteiger partial charge < -0.3 is 14.3 Å². The lowest BCUT2D eigenvalue weighted by Crippen LogP contribution is -2.22. The van der Waals surface area contributed by atoms with Crippen LogP contribution >= 0.6 is 0 Å². The second-order valence-corrected chi connectivity index (χ2v) is 3.97. The molecule has 0 spiro atoms. The fraction of sp³-hybridized carbons (Fsp3) is 0.231. The zero-order valence-electron chi connectivity index (χ0n) is 8.67. The highest BCUT2D eigenvalue weighted by atomic mass is 16.5. The van der Waals surface area contributed by atoms with Gasteiger partial charge in [-0.05, 0) is 17.7 Å². The van der Waals surface area contributed by atoms with E-state index in [1.807, 2.05) is 24.3 Å². The standard InChI is InChI=1S/C13H12O3/c14-13(10-5-6-15-8-10)12-7-9-3-1-2-4-11(9)16-12/h1-6,8,12-14H,7H2. The average molecular weight is 216 g/mol. The molecule has 0 amide bonds. The van der Waals surface area contributed by atoms with Gasteiger partial charge in [0.2, 0.25) is 0 Å². The summed E-state index contributed by atoms with van der Waals surface area (Å²) in [5.74, 6) is 0.870. The molecular weight excluding hydrogens is 204 g/mol. The van der Waals surface area contributed by atoms with Gasteiger partial charge in [-0.1, -0.05) is 18.2 Å². The Balaban J connectivity index is 1.81. The molecule has 0 saturated carbocycles. The highest BCUT2D eigenvalue weighted by Gasteiger charge is 2.30. The second kappa shape index (κ2) is 3.68. The topological polar surface area (TPSA) is 42.6 Å². The quantitative estimate of drug-likeness (QED) is 0.837. The summed E-state index contributed by atoms with van der Waals surface area (Å²) in [5, 5.41) is 10.1. The molecule has 0 fully saturated rings. The monoisotopic (exact) mass is 216 g/mol. The Bertz CT molecular complexity index is 451. The van der Waals surface area contributed by atoms with Crippen molar-refractivity contribution in [3.8, 4) is 5.75 Å². The number of hydrogen-bond acceptors (Lipinski definition) is 3. The summed E-state index contributed by atoms with van der Waals surface area (Å²) >= 11 is 0. The van der Waals surface area contributed by atoms with Gasteiger partial charge in [0.1, 0.15) is 18.0 Å². The summed E-state index contributed by atoms with van der Waals surface area (Å²) in [6, 6.07) is 9.63. The number of furan rings is 1. The van der Waals surface area contributed by atoms with Gasteiger partial charge in [0, 0.05) is 12.0 Å². The summed E-state index contributed by atoms with van der Waals surface area (Å²) in [4.78, 5) is 0. The van der Waals surface area contributed by atoms with Crippen LogP contribution in [-0.2, 0) is 6.42 Å². The predicted molar refractivity (Wildman–Crippen MR) is 58.2 cm³/mol. The summed E-state index contributed by atoms with van der Waals surface area (Å²) in [7, 11) is 0. The van der Waals surface area contributed by atoms with Crippen molar-refractivity contribution in [3.05, 3.63) is 54.0 Å². The Hall–Kier alpha value is -1.74. The first-order valence-electron chi connectivity index (χ1n) is 5.29. The number of benzene rings is 1. The van der Waals surface area contributed by atoms with E-state index >= 15 is 0 Å². The SMILES string of the molecule is OC(c1ccoc1)C1Cc2ccccc2O1. The minimum atomic E-state index is -0.633. The highest BCUT2D eigenvalue weighted by molar-refractivity contribution is 5.38. The Morgan fingerprint density at radius 2 is 2.12 bits per heavy atom. The van der Waals surface area contributed by atoms with Crippen molar-refractivity contribution in [1.82, 2.24) is 0 Å². The number of para-hydroxylation sites is 1. The van der Waals surface area contributed by atoms with Gasteiger partial charge in [0.05, 0.1) is 12.5 Å². The van der Waals surface area contributed by atoms with E-state index in [1.165, 1.54) is 0 Å². The molecule has 2 atom stereocenters. The maximum Gasteiger partial charge on any atom is 0.133 e. The van der Waals surface area contributed by atoms with E-state index in [-0.39, 0.29) is 6.10 Å². The predicted octanol–water partition coefficient (Wildman–Crippen LogP) is 2.32. The van der Waals surface area contributed by atoms with Crippen LogP contribution in [0.15, 0.2) is 47.3 Å². The van der Waals surface area contributed by atoms with Crippen LogP contribution in [-0.4, -0.2) is 11.2 Å². The molecule has 1 aliphatic rings. The number of ether oxygens (including phenoxy) is 1. The van der Waals surface area contributed by atoms with Crippen molar-refractivity contribution in [2.24, 2.45) is 0 Å². The molecule has 2 aromatic rings. The summed E-state index contributed by atoms with van der Waals surface area (Å²) < 4.78 is 10.7. The normalized spacial score (nSPS) is 20.2. The molecule has 2 unspecified atom stereocenters. The molecule has 2 heterocycles. The molecule has 0 radical (unpaired) electrons. The van der Waals surface area contributed by atoms with Gasteiger partial charge >= 0.3 is 0 Å². The number of aliphatic hydroxyl groups excluding tert-OH is 1. The van der Waals surface area contributed by atoms with Gasteiger partial charge in [-0.25, -0.2) is 0 Å². The molecular formula is C13H12O3. The lowest BCUT2D eigenvalue weighted by Gasteiger charge is -2.16. The molecule has 1 aliphatic heterocycles. The van der Waals surface area contributed by atoms with Crippen LogP contribution in [0.25, 0.3) is 0 Å². The molecule has 3 rings (SSSR count). The fourth-order valence-electron chi connectivity index (χ4n) is 2.04. The minimum absolute atomic E-state index is 0.213. The molecule has 0 saturated heterocycles. The third-order valence-corrected chi connectivity index (χ3v) is 2.91. The molecule has 3 nitrogen and oxygen atoms in total. The Morgan fingerprint density at radius 3 is 2.88 bits per heavy atom. The van der Waals surface area contributed by atoms with Crippen molar-refractivity contribution < 1.29 is 14.3 Å². The molecule has 0 aliphatic carbocycles. The lowest BCUT2D eigenvalue weighted by atomic mass is 10.0. The average Bonchev–Trinajstić information content (AvgIpc) is 2.97. The summed E-state index contributed by atoms with van der Waals surface area (Å²) in [6.45, 7) is 0. The van der Waals surface area contributed by atoms with Gasteiger partial charge in [-0.2, -0.15) is 0 Å². The van der Waals surface area contributed by atoms with Gasteiger partial charge in [0.15, 0.2) is 0 Å². The van der Waals surface area contributed by atoms with Crippen molar-refractivity contribution in [1.29, 1.82) is 0 Å². The van der Waals surface area contributed by atoms with Crippen LogP contribution in [0.4, 0.5) is 0 Å². The van der Waals surface area contributed by atoms with E-state index in [2.05, 4.69) is 0 Å². The van der Waals surface area contributed by atoms with Crippen molar-refractivity contribution >= 4 is 0 Å². The first-order chi connectivity index (χ1) is 7.84. The van der Waals surface area contributed by atoms with E-state index in [9.17, 15) is 5.11 Å². The third-order valence-electron chi connectivity index (χ3n) is 2.91. The fourth-order valence-corrected chi connectivity index (χ4v) is 2.04. The largest absolute Gasteiger partial charge is 0.487 e. The smallest absolute Gasteiger partial charge is 0.133 e. The molecule has 3 heteroatoms. The van der Waals surface area contributed by atoms with E-state index < -0.39 is 6.10 Å². The van der Waals surface area contributed by atoms with Crippen LogP contribution < -0.4 is 4.74 Å². The van der Waals surface area contributed by atoms with Crippen molar-refractivity contribution in [2.75, 3.05) is 0 Å². The first-order valence-corrected chi connectivity index (χ1v) is 5.29. The van der Waals surface area contributed by atoms with E-state index in [1.54, 1.807) is 18.6 Å². The molecule has 1 aromatic carbocycles. The molecule has 0 bridgehead atoms. The summed E-state index contributed by atoms with van der Waals surface area (Å²) in [5.41, 5.74) is 1.91. The van der Waals surface area contributed by atoms with Crippen LogP contribution in [0.2, 0.25) is 0 Å². The Labute approximate surface area is 93.3 Å². The van der Waals surface area contributed by atoms with Gasteiger partial charge in [0.25, 0.3) is 0 Å². The lowest BCUT2D eigenvalue weighted by molar-refractivity contribution is 0.0488. The first kappa shape index (κ1) is 9.48. The molecule has 16 heavy (non-hydrogen) atoms.